The zero-order valence-electron chi connectivity index (χ0n) is 9.28. The zero-order valence-corrected chi connectivity index (χ0v) is 11.7. The molecule has 2 N–H and O–H groups in total. The average Bonchev–Trinajstić information content (AvgIpc) is 2.68. The molecule has 1 aromatic carbocycles. The lowest BCUT2D eigenvalue weighted by atomic mass is 10.1. The summed E-state index contributed by atoms with van der Waals surface area (Å²) in [6.45, 7) is 1.95. The standard InChI is InChI=1S/C12H12BrFN2S/c1-7-6-17-12(16-7)5-11(15)8-2-3-9(13)10(14)4-8/h2-4,6,11H,5,15H2,1H3. The molecule has 1 aromatic heterocycles. The van der Waals surface area contributed by atoms with Crippen molar-refractivity contribution in [2.75, 3.05) is 0 Å². The minimum absolute atomic E-state index is 0.219. The van der Waals surface area contributed by atoms with Crippen molar-refractivity contribution in [3.63, 3.8) is 0 Å². The van der Waals surface area contributed by atoms with Crippen LogP contribution in [0.2, 0.25) is 0 Å². The second-order valence-electron chi connectivity index (χ2n) is 3.87. The molecule has 0 amide bonds. The molecule has 2 rings (SSSR count). The summed E-state index contributed by atoms with van der Waals surface area (Å²) in [5.41, 5.74) is 7.83. The van der Waals surface area contributed by atoms with Crippen LogP contribution in [0.3, 0.4) is 0 Å². The molecule has 90 valence electrons. The molecule has 0 bridgehead atoms. The van der Waals surface area contributed by atoms with Gasteiger partial charge >= 0.3 is 0 Å². The summed E-state index contributed by atoms with van der Waals surface area (Å²) < 4.78 is 13.8. The highest BCUT2D eigenvalue weighted by Crippen LogP contribution is 2.22. The molecule has 1 heterocycles. The van der Waals surface area contributed by atoms with Gasteiger partial charge in [0.2, 0.25) is 0 Å². The van der Waals surface area contributed by atoms with Crippen LogP contribution in [0.15, 0.2) is 28.1 Å². The van der Waals surface area contributed by atoms with Crippen molar-refractivity contribution in [2.24, 2.45) is 5.73 Å². The Bertz CT molecular complexity index is 527. The van der Waals surface area contributed by atoms with Crippen LogP contribution in [0.4, 0.5) is 4.39 Å². The van der Waals surface area contributed by atoms with Crippen molar-refractivity contribution in [3.8, 4) is 0 Å². The third-order valence-electron chi connectivity index (χ3n) is 2.43. The molecule has 0 aliphatic carbocycles. The molecule has 2 aromatic rings. The van der Waals surface area contributed by atoms with Gasteiger partial charge in [-0.05, 0) is 40.5 Å². The molecule has 0 radical (unpaired) electrons. The lowest BCUT2D eigenvalue weighted by Crippen LogP contribution is -2.13. The van der Waals surface area contributed by atoms with Crippen molar-refractivity contribution in [3.05, 3.63) is 50.1 Å². The topological polar surface area (TPSA) is 38.9 Å². The highest BCUT2D eigenvalue weighted by Gasteiger charge is 2.11. The Balaban J connectivity index is 2.14. The largest absolute Gasteiger partial charge is 0.324 e. The Hall–Kier alpha value is -0.780. The zero-order chi connectivity index (χ0) is 12.4. The van der Waals surface area contributed by atoms with Gasteiger partial charge in [0.25, 0.3) is 0 Å². The lowest BCUT2D eigenvalue weighted by Gasteiger charge is -2.10. The fraction of sp³-hybridized carbons (Fsp3) is 0.250. The van der Waals surface area contributed by atoms with E-state index in [9.17, 15) is 4.39 Å². The molecule has 0 saturated carbocycles. The monoisotopic (exact) mass is 314 g/mol. The van der Waals surface area contributed by atoms with E-state index in [4.69, 9.17) is 5.73 Å². The molecule has 2 nitrogen and oxygen atoms in total. The van der Waals surface area contributed by atoms with Gasteiger partial charge in [0, 0.05) is 23.5 Å². The number of benzene rings is 1. The fourth-order valence-corrected chi connectivity index (χ4v) is 2.62. The van der Waals surface area contributed by atoms with Crippen LogP contribution < -0.4 is 5.73 Å². The van der Waals surface area contributed by atoms with Crippen molar-refractivity contribution in [1.82, 2.24) is 4.98 Å². The number of aromatic nitrogens is 1. The summed E-state index contributed by atoms with van der Waals surface area (Å²) in [6, 6.07) is 4.76. The van der Waals surface area contributed by atoms with E-state index in [-0.39, 0.29) is 11.9 Å². The van der Waals surface area contributed by atoms with Crippen LogP contribution in [-0.4, -0.2) is 4.98 Å². The first-order valence-electron chi connectivity index (χ1n) is 5.18. The molecule has 0 fully saturated rings. The van der Waals surface area contributed by atoms with Crippen LogP contribution in [-0.2, 0) is 6.42 Å². The van der Waals surface area contributed by atoms with Crippen LogP contribution in [0.5, 0.6) is 0 Å². The summed E-state index contributed by atoms with van der Waals surface area (Å²) in [7, 11) is 0. The number of nitrogens with two attached hydrogens (primary N) is 1. The van der Waals surface area contributed by atoms with Gasteiger partial charge in [-0.15, -0.1) is 11.3 Å². The number of aryl methyl sites for hydroxylation is 1. The predicted octanol–water partition coefficient (Wildman–Crippen LogP) is 3.60. The summed E-state index contributed by atoms with van der Waals surface area (Å²) >= 11 is 4.71. The number of halogens is 2. The number of hydrogen-bond donors (Lipinski definition) is 1. The quantitative estimate of drug-likeness (QED) is 0.940. The third kappa shape index (κ3) is 3.12. The lowest BCUT2D eigenvalue weighted by molar-refractivity contribution is 0.612. The highest BCUT2D eigenvalue weighted by atomic mass is 79.9. The van der Waals surface area contributed by atoms with Gasteiger partial charge in [0.15, 0.2) is 0 Å². The molecule has 0 saturated heterocycles. The van der Waals surface area contributed by atoms with E-state index >= 15 is 0 Å². The molecule has 1 unspecified atom stereocenters. The summed E-state index contributed by atoms with van der Waals surface area (Å²) in [5.74, 6) is -0.284. The fourth-order valence-electron chi connectivity index (χ4n) is 1.55. The SMILES string of the molecule is Cc1csc(CC(N)c2ccc(Br)c(F)c2)n1. The third-order valence-corrected chi connectivity index (χ3v) is 4.07. The van der Waals surface area contributed by atoms with E-state index in [2.05, 4.69) is 20.9 Å². The first-order valence-corrected chi connectivity index (χ1v) is 6.85. The van der Waals surface area contributed by atoms with Gasteiger partial charge in [-0.3, -0.25) is 0 Å². The first-order chi connectivity index (χ1) is 8.06. The number of nitrogens with zero attached hydrogens (tertiary/aromatic N) is 1. The molecular weight excluding hydrogens is 303 g/mol. The summed E-state index contributed by atoms with van der Waals surface area (Å²) in [4.78, 5) is 4.35. The Kier molecular flexibility index (Phi) is 3.91. The van der Waals surface area contributed by atoms with Gasteiger partial charge in [-0.25, -0.2) is 9.37 Å². The van der Waals surface area contributed by atoms with Crippen molar-refractivity contribution in [1.29, 1.82) is 0 Å². The number of rotatable bonds is 3. The van der Waals surface area contributed by atoms with Crippen LogP contribution in [0.1, 0.15) is 22.3 Å². The highest BCUT2D eigenvalue weighted by molar-refractivity contribution is 9.10. The van der Waals surface area contributed by atoms with E-state index < -0.39 is 0 Å². The Labute approximate surface area is 112 Å². The van der Waals surface area contributed by atoms with E-state index in [1.54, 1.807) is 17.4 Å². The second-order valence-corrected chi connectivity index (χ2v) is 5.66. The molecule has 0 spiro atoms. The number of thiazole rings is 1. The minimum Gasteiger partial charge on any atom is -0.324 e. The minimum atomic E-state index is -0.284. The van der Waals surface area contributed by atoms with E-state index in [1.807, 2.05) is 18.4 Å². The average molecular weight is 315 g/mol. The molecular formula is C12H12BrFN2S. The predicted molar refractivity (Wildman–Crippen MR) is 71.6 cm³/mol. The van der Waals surface area contributed by atoms with Crippen molar-refractivity contribution >= 4 is 27.3 Å². The Morgan fingerprint density at radius 1 is 1.53 bits per heavy atom. The maximum absolute atomic E-state index is 13.4. The van der Waals surface area contributed by atoms with Gasteiger partial charge in [0.05, 0.1) is 9.48 Å². The Morgan fingerprint density at radius 3 is 2.88 bits per heavy atom. The Morgan fingerprint density at radius 2 is 2.29 bits per heavy atom. The smallest absolute Gasteiger partial charge is 0.137 e. The summed E-state index contributed by atoms with van der Waals surface area (Å²) in [5, 5.41) is 2.97. The van der Waals surface area contributed by atoms with Gasteiger partial charge in [0.1, 0.15) is 5.82 Å². The van der Waals surface area contributed by atoms with E-state index in [0.717, 1.165) is 16.3 Å². The van der Waals surface area contributed by atoms with Gasteiger partial charge < -0.3 is 5.73 Å². The van der Waals surface area contributed by atoms with Crippen LogP contribution in [0.25, 0.3) is 0 Å². The maximum atomic E-state index is 13.4. The maximum Gasteiger partial charge on any atom is 0.137 e. The normalized spacial score (nSPS) is 12.7. The van der Waals surface area contributed by atoms with Crippen LogP contribution >= 0.6 is 27.3 Å². The van der Waals surface area contributed by atoms with Crippen LogP contribution in [0, 0.1) is 12.7 Å². The van der Waals surface area contributed by atoms with Gasteiger partial charge in [-0.1, -0.05) is 6.07 Å². The molecule has 1 atom stereocenters. The molecule has 17 heavy (non-hydrogen) atoms. The molecule has 0 aliphatic heterocycles. The summed E-state index contributed by atoms with van der Waals surface area (Å²) in [6.07, 6.45) is 0.638. The van der Waals surface area contributed by atoms with Crippen molar-refractivity contribution in [2.45, 2.75) is 19.4 Å². The van der Waals surface area contributed by atoms with E-state index in [1.165, 1.54) is 6.07 Å². The number of hydrogen-bond acceptors (Lipinski definition) is 3. The van der Waals surface area contributed by atoms with Gasteiger partial charge in [-0.2, -0.15) is 0 Å². The van der Waals surface area contributed by atoms with Crippen molar-refractivity contribution < 1.29 is 4.39 Å². The van der Waals surface area contributed by atoms with E-state index in [0.29, 0.717) is 10.9 Å². The first kappa shape index (κ1) is 12.7. The molecule has 0 aliphatic rings. The molecule has 5 heteroatoms. The second kappa shape index (κ2) is 5.25.